The highest BCUT2D eigenvalue weighted by atomic mass is 19.4. The quantitative estimate of drug-likeness (QED) is 0.682. The molecule has 0 saturated carbocycles. The average Bonchev–Trinajstić information content (AvgIpc) is 3.20. The van der Waals surface area contributed by atoms with Gasteiger partial charge in [-0.3, -0.25) is 4.79 Å². The predicted molar refractivity (Wildman–Crippen MR) is 100 cm³/mol. The fraction of sp³-hybridized carbons (Fsp3) is 0.500. The minimum absolute atomic E-state index is 0.0329. The molecular weight excluding hydrogens is 444 g/mol. The van der Waals surface area contributed by atoms with Gasteiger partial charge in [-0.1, -0.05) is 0 Å². The Kier molecular flexibility index (Phi) is 6.45. The standard InChI is InChI=1S/C20H21F6N3O3/c1-18(31,20(24,25)26)17(30)28-10-7-13(8-11-28)16-6-9-27-29(16)14-2-4-15(5-3-14)32-12-19(21,22)23/h2-6,9,13,31H,7-8,10-12H2,1H3. The number of aliphatic hydroxyl groups is 1. The lowest BCUT2D eigenvalue weighted by atomic mass is 9.92. The second-order valence-electron chi connectivity index (χ2n) is 7.70. The number of aromatic nitrogens is 2. The van der Waals surface area contributed by atoms with Gasteiger partial charge in [0.15, 0.2) is 6.61 Å². The molecule has 1 saturated heterocycles. The van der Waals surface area contributed by atoms with E-state index in [1.807, 2.05) is 0 Å². The number of carbonyl (C=O) groups is 1. The van der Waals surface area contributed by atoms with Gasteiger partial charge in [0.2, 0.25) is 5.60 Å². The molecule has 12 heteroatoms. The molecule has 0 spiro atoms. The number of carbonyl (C=O) groups excluding carboxylic acids is 1. The molecule has 1 aromatic carbocycles. The highest BCUT2D eigenvalue weighted by molar-refractivity contribution is 5.85. The lowest BCUT2D eigenvalue weighted by Crippen LogP contribution is -2.57. The summed E-state index contributed by atoms with van der Waals surface area (Å²) in [6, 6.07) is 7.59. The summed E-state index contributed by atoms with van der Waals surface area (Å²) in [6.07, 6.45) is -7.27. The molecule has 176 valence electrons. The molecule has 1 unspecified atom stereocenters. The molecule has 0 radical (unpaired) electrons. The summed E-state index contributed by atoms with van der Waals surface area (Å²) in [5, 5.41) is 13.8. The number of nitrogens with zero attached hydrogens (tertiary/aromatic N) is 3. The first kappa shape index (κ1) is 23.9. The van der Waals surface area contributed by atoms with Crippen LogP contribution < -0.4 is 4.74 Å². The third-order valence-corrected chi connectivity index (χ3v) is 5.32. The van der Waals surface area contributed by atoms with Gasteiger partial charge in [-0.25, -0.2) is 4.68 Å². The lowest BCUT2D eigenvalue weighted by molar-refractivity contribution is -0.250. The third-order valence-electron chi connectivity index (χ3n) is 5.32. The first-order chi connectivity index (χ1) is 14.8. The summed E-state index contributed by atoms with van der Waals surface area (Å²) in [7, 11) is 0. The highest BCUT2D eigenvalue weighted by Crippen LogP contribution is 2.35. The van der Waals surface area contributed by atoms with Gasteiger partial charge < -0.3 is 14.7 Å². The number of hydrogen-bond donors (Lipinski definition) is 1. The number of alkyl halides is 6. The van der Waals surface area contributed by atoms with Crippen molar-refractivity contribution >= 4 is 5.91 Å². The van der Waals surface area contributed by atoms with Crippen molar-refractivity contribution in [2.24, 2.45) is 0 Å². The summed E-state index contributed by atoms with van der Waals surface area (Å²) < 4.78 is 81.9. The van der Waals surface area contributed by atoms with Gasteiger partial charge in [-0.15, -0.1) is 0 Å². The molecule has 1 atom stereocenters. The first-order valence-corrected chi connectivity index (χ1v) is 9.72. The van der Waals surface area contributed by atoms with Crippen LogP contribution in [0.4, 0.5) is 26.3 Å². The van der Waals surface area contributed by atoms with Crippen LogP contribution in [0.5, 0.6) is 5.75 Å². The minimum atomic E-state index is -5.07. The summed E-state index contributed by atoms with van der Waals surface area (Å²) in [6.45, 7) is -0.896. The Labute approximate surface area is 179 Å². The van der Waals surface area contributed by atoms with E-state index < -0.39 is 30.5 Å². The van der Waals surface area contributed by atoms with Gasteiger partial charge in [-0.2, -0.15) is 31.4 Å². The van der Waals surface area contributed by atoms with Crippen molar-refractivity contribution in [2.45, 2.75) is 43.6 Å². The van der Waals surface area contributed by atoms with Crippen LogP contribution in [0, 0.1) is 0 Å². The van der Waals surface area contributed by atoms with E-state index >= 15 is 0 Å². The zero-order valence-electron chi connectivity index (χ0n) is 17.0. The largest absolute Gasteiger partial charge is 0.484 e. The van der Waals surface area contributed by atoms with Crippen molar-refractivity contribution < 1.29 is 41.0 Å². The maximum atomic E-state index is 12.9. The zero-order chi connectivity index (χ0) is 23.7. The number of ether oxygens (including phenoxy) is 1. The summed E-state index contributed by atoms with van der Waals surface area (Å²) in [5.74, 6) is -1.45. The van der Waals surface area contributed by atoms with Crippen LogP contribution in [0.3, 0.4) is 0 Å². The van der Waals surface area contributed by atoms with Gasteiger partial charge in [0, 0.05) is 30.9 Å². The number of amides is 1. The Hall–Kier alpha value is -2.76. The van der Waals surface area contributed by atoms with Crippen molar-refractivity contribution in [2.75, 3.05) is 19.7 Å². The molecule has 2 aromatic rings. The molecule has 1 aliphatic heterocycles. The van der Waals surface area contributed by atoms with Gasteiger partial charge >= 0.3 is 12.4 Å². The summed E-state index contributed by atoms with van der Waals surface area (Å²) >= 11 is 0. The summed E-state index contributed by atoms with van der Waals surface area (Å²) in [5.41, 5.74) is -2.12. The van der Waals surface area contributed by atoms with E-state index in [1.54, 1.807) is 22.9 Å². The van der Waals surface area contributed by atoms with Crippen LogP contribution in [0.15, 0.2) is 36.5 Å². The Morgan fingerprint density at radius 1 is 1.09 bits per heavy atom. The number of benzene rings is 1. The van der Waals surface area contributed by atoms with Gasteiger partial charge in [0.1, 0.15) is 5.75 Å². The van der Waals surface area contributed by atoms with Crippen LogP contribution in [0.25, 0.3) is 5.69 Å². The molecule has 6 nitrogen and oxygen atoms in total. The fourth-order valence-electron chi connectivity index (χ4n) is 3.49. The fourth-order valence-corrected chi connectivity index (χ4v) is 3.49. The number of hydrogen-bond acceptors (Lipinski definition) is 4. The van der Waals surface area contributed by atoms with Crippen LogP contribution in [0.1, 0.15) is 31.4 Å². The smallest absolute Gasteiger partial charge is 0.426 e. The molecular formula is C20H21F6N3O3. The molecule has 3 rings (SSSR count). The minimum Gasteiger partial charge on any atom is -0.484 e. The molecule has 2 heterocycles. The SMILES string of the molecule is CC(O)(C(=O)N1CCC(c2ccnn2-c2ccc(OCC(F)(F)F)cc2)CC1)C(F)(F)F. The van der Waals surface area contributed by atoms with E-state index in [1.165, 1.54) is 18.3 Å². The summed E-state index contributed by atoms with van der Waals surface area (Å²) in [4.78, 5) is 13.1. The average molecular weight is 465 g/mol. The molecule has 1 aromatic heterocycles. The molecule has 1 aliphatic rings. The number of rotatable bonds is 5. The molecule has 1 N–H and O–H groups in total. The lowest BCUT2D eigenvalue weighted by Gasteiger charge is -2.36. The molecule has 0 bridgehead atoms. The number of piperidine rings is 1. The van der Waals surface area contributed by atoms with Crippen LogP contribution >= 0.6 is 0 Å². The van der Waals surface area contributed by atoms with Crippen molar-refractivity contribution in [1.82, 2.24) is 14.7 Å². The molecule has 1 fully saturated rings. The normalized spacial score (nSPS) is 17.8. The van der Waals surface area contributed by atoms with Gasteiger partial charge in [0.25, 0.3) is 5.91 Å². The number of halogens is 6. The monoisotopic (exact) mass is 465 g/mol. The van der Waals surface area contributed by atoms with E-state index in [0.717, 1.165) is 10.6 Å². The van der Waals surface area contributed by atoms with E-state index in [0.29, 0.717) is 25.5 Å². The second-order valence-corrected chi connectivity index (χ2v) is 7.70. The van der Waals surface area contributed by atoms with Crippen LogP contribution in [-0.4, -0.2) is 63.3 Å². The zero-order valence-corrected chi connectivity index (χ0v) is 17.0. The topological polar surface area (TPSA) is 67.6 Å². The Balaban J connectivity index is 1.66. The van der Waals surface area contributed by atoms with Crippen molar-refractivity contribution in [3.8, 4) is 11.4 Å². The van der Waals surface area contributed by atoms with E-state index in [2.05, 4.69) is 9.84 Å². The predicted octanol–water partition coefficient (Wildman–Crippen LogP) is 3.83. The number of likely N-dealkylation sites (tertiary alicyclic amines) is 1. The van der Waals surface area contributed by atoms with E-state index in [-0.39, 0.29) is 24.8 Å². The first-order valence-electron chi connectivity index (χ1n) is 9.72. The van der Waals surface area contributed by atoms with Gasteiger partial charge in [0.05, 0.1) is 5.69 Å². The van der Waals surface area contributed by atoms with Gasteiger partial charge in [-0.05, 0) is 50.1 Å². The molecule has 0 aliphatic carbocycles. The maximum absolute atomic E-state index is 12.9. The van der Waals surface area contributed by atoms with E-state index in [4.69, 9.17) is 0 Å². The Morgan fingerprint density at radius 3 is 2.22 bits per heavy atom. The highest BCUT2D eigenvalue weighted by Gasteiger charge is 2.57. The van der Waals surface area contributed by atoms with Crippen molar-refractivity contribution in [3.63, 3.8) is 0 Å². The maximum Gasteiger partial charge on any atom is 0.426 e. The second kappa shape index (κ2) is 8.64. The van der Waals surface area contributed by atoms with Crippen molar-refractivity contribution in [1.29, 1.82) is 0 Å². The molecule has 32 heavy (non-hydrogen) atoms. The van der Waals surface area contributed by atoms with Crippen molar-refractivity contribution in [3.05, 3.63) is 42.2 Å². The Morgan fingerprint density at radius 2 is 1.69 bits per heavy atom. The molecule has 1 amide bonds. The van der Waals surface area contributed by atoms with Crippen LogP contribution in [0.2, 0.25) is 0 Å². The van der Waals surface area contributed by atoms with E-state index in [9.17, 15) is 36.2 Å². The third kappa shape index (κ3) is 5.17. The Bertz CT molecular complexity index is 929. The van der Waals surface area contributed by atoms with Crippen LogP contribution in [-0.2, 0) is 4.79 Å².